The minimum Gasteiger partial charge on any atom is -0.363 e. The Kier molecular flexibility index (Phi) is 3.34. The molecule has 0 fully saturated rings. The minimum absolute atomic E-state index is 0.0425. The first kappa shape index (κ1) is 11.5. The van der Waals surface area contributed by atoms with E-state index >= 15 is 0 Å². The highest BCUT2D eigenvalue weighted by molar-refractivity contribution is 7.10. The number of hydrogen-bond acceptors (Lipinski definition) is 5. The van der Waals surface area contributed by atoms with Gasteiger partial charge in [-0.05, 0) is 18.4 Å². The molecule has 0 saturated carbocycles. The number of nitrogens with one attached hydrogen (secondary N) is 1. The van der Waals surface area contributed by atoms with Gasteiger partial charge in [0.05, 0.1) is 17.0 Å². The maximum atomic E-state index is 10.6. The zero-order chi connectivity index (χ0) is 12.3. The molecule has 0 aliphatic rings. The van der Waals surface area contributed by atoms with Crippen molar-refractivity contribution in [3.8, 4) is 0 Å². The second-order valence-corrected chi connectivity index (χ2v) is 4.52. The van der Waals surface area contributed by atoms with Crippen LogP contribution in [0.4, 0.5) is 11.5 Å². The summed E-state index contributed by atoms with van der Waals surface area (Å²) in [5.74, 6) is 0.514. The molecule has 1 unspecified atom stereocenters. The van der Waals surface area contributed by atoms with Gasteiger partial charge in [0.25, 0.3) is 5.69 Å². The van der Waals surface area contributed by atoms with E-state index in [0.717, 1.165) is 0 Å². The highest BCUT2D eigenvalue weighted by Gasteiger charge is 2.10. The molecule has 6 heteroatoms. The number of thiophene rings is 1. The quantitative estimate of drug-likeness (QED) is 0.667. The summed E-state index contributed by atoms with van der Waals surface area (Å²) in [4.78, 5) is 15.4. The number of pyridine rings is 1. The standard InChI is InChI=1S/C11H11N3O2S/c1-8(10-3-2-6-17-10)13-11-7-9(14(15)16)4-5-12-11/h2-8H,1H3,(H,12,13). The number of nitro groups is 1. The van der Waals surface area contributed by atoms with Crippen molar-refractivity contribution in [2.24, 2.45) is 0 Å². The van der Waals surface area contributed by atoms with Crippen LogP contribution in [0.15, 0.2) is 35.8 Å². The molecule has 17 heavy (non-hydrogen) atoms. The van der Waals surface area contributed by atoms with Crippen LogP contribution >= 0.6 is 11.3 Å². The van der Waals surface area contributed by atoms with Crippen molar-refractivity contribution in [2.45, 2.75) is 13.0 Å². The molecular formula is C11H11N3O2S. The van der Waals surface area contributed by atoms with Crippen LogP contribution in [-0.2, 0) is 0 Å². The van der Waals surface area contributed by atoms with Crippen molar-refractivity contribution < 1.29 is 4.92 Å². The minimum atomic E-state index is -0.428. The lowest BCUT2D eigenvalue weighted by atomic mass is 10.2. The van der Waals surface area contributed by atoms with E-state index in [-0.39, 0.29) is 11.7 Å². The molecule has 0 aromatic carbocycles. The molecule has 0 amide bonds. The third-order valence-corrected chi connectivity index (χ3v) is 3.34. The van der Waals surface area contributed by atoms with E-state index in [0.29, 0.717) is 5.82 Å². The predicted molar refractivity (Wildman–Crippen MR) is 67.2 cm³/mol. The SMILES string of the molecule is CC(Nc1cc([N+](=O)[O-])ccn1)c1cccs1. The molecular weight excluding hydrogens is 238 g/mol. The highest BCUT2D eigenvalue weighted by Crippen LogP contribution is 2.23. The van der Waals surface area contributed by atoms with Crippen LogP contribution in [0.1, 0.15) is 17.8 Å². The van der Waals surface area contributed by atoms with Gasteiger partial charge < -0.3 is 5.32 Å². The molecule has 0 aliphatic carbocycles. The Bertz CT molecular complexity index is 513. The maximum Gasteiger partial charge on any atom is 0.274 e. The Morgan fingerprint density at radius 1 is 1.53 bits per heavy atom. The number of nitrogens with zero attached hydrogens (tertiary/aromatic N) is 2. The molecule has 1 atom stereocenters. The second-order valence-electron chi connectivity index (χ2n) is 3.54. The van der Waals surface area contributed by atoms with E-state index in [1.807, 2.05) is 24.4 Å². The Balaban J connectivity index is 2.13. The Morgan fingerprint density at radius 2 is 2.35 bits per heavy atom. The average Bonchev–Trinajstić information content (AvgIpc) is 2.82. The maximum absolute atomic E-state index is 10.6. The summed E-state index contributed by atoms with van der Waals surface area (Å²) < 4.78 is 0. The molecule has 0 radical (unpaired) electrons. The predicted octanol–water partition coefficient (Wildman–Crippen LogP) is 3.22. The fourth-order valence-corrected chi connectivity index (χ4v) is 2.18. The lowest BCUT2D eigenvalue weighted by Gasteiger charge is -2.12. The summed E-state index contributed by atoms with van der Waals surface area (Å²) in [6.45, 7) is 1.99. The van der Waals surface area contributed by atoms with Crippen molar-refractivity contribution in [2.75, 3.05) is 5.32 Å². The van der Waals surface area contributed by atoms with Gasteiger partial charge in [-0.3, -0.25) is 10.1 Å². The summed E-state index contributed by atoms with van der Waals surface area (Å²) in [6.07, 6.45) is 1.43. The normalized spacial score (nSPS) is 12.1. The lowest BCUT2D eigenvalue weighted by Crippen LogP contribution is -2.06. The van der Waals surface area contributed by atoms with E-state index < -0.39 is 4.92 Å². The zero-order valence-corrected chi connectivity index (χ0v) is 9.98. The van der Waals surface area contributed by atoms with Gasteiger partial charge in [-0.15, -0.1) is 11.3 Å². The summed E-state index contributed by atoms with van der Waals surface area (Å²) >= 11 is 1.64. The van der Waals surface area contributed by atoms with Crippen LogP contribution in [0.25, 0.3) is 0 Å². The van der Waals surface area contributed by atoms with Gasteiger partial charge >= 0.3 is 0 Å². The van der Waals surface area contributed by atoms with Crippen molar-refractivity contribution in [1.82, 2.24) is 4.98 Å². The van der Waals surface area contributed by atoms with Crippen LogP contribution in [-0.4, -0.2) is 9.91 Å². The summed E-state index contributed by atoms with van der Waals surface area (Å²) in [5, 5.41) is 15.7. The molecule has 1 N–H and O–H groups in total. The topological polar surface area (TPSA) is 68.1 Å². The van der Waals surface area contributed by atoms with E-state index in [9.17, 15) is 10.1 Å². The summed E-state index contributed by atoms with van der Waals surface area (Å²) in [7, 11) is 0. The fourth-order valence-electron chi connectivity index (χ4n) is 1.44. The van der Waals surface area contributed by atoms with Gasteiger partial charge in [-0.1, -0.05) is 6.07 Å². The van der Waals surface area contributed by atoms with Crippen LogP contribution < -0.4 is 5.32 Å². The van der Waals surface area contributed by atoms with Crippen LogP contribution in [0, 0.1) is 10.1 Å². The average molecular weight is 249 g/mol. The zero-order valence-electron chi connectivity index (χ0n) is 9.16. The first-order chi connectivity index (χ1) is 8.16. The van der Waals surface area contributed by atoms with Crippen molar-refractivity contribution in [3.63, 3.8) is 0 Å². The molecule has 2 aromatic rings. The molecule has 88 valence electrons. The first-order valence-corrected chi connectivity index (χ1v) is 5.95. The molecule has 0 aliphatic heterocycles. The second kappa shape index (κ2) is 4.92. The van der Waals surface area contributed by atoms with E-state index in [4.69, 9.17) is 0 Å². The van der Waals surface area contributed by atoms with Gasteiger partial charge in [0.15, 0.2) is 0 Å². The van der Waals surface area contributed by atoms with Crippen LogP contribution in [0.2, 0.25) is 0 Å². The highest BCUT2D eigenvalue weighted by atomic mass is 32.1. The Morgan fingerprint density at radius 3 is 3.00 bits per heavy atom. The lowest BCUT2D eigenvalue weighted by molar-refractivity contribution is -0.384. The van der Waals surface area contributed by atoms with Crippen molar-refractivity contribution in [1.29, 1.82) is 0 Å². The largest absolute Gasteiger partial charge is 0.363 e. The Labute approximate surface area is 102 Å². The van der Waals surface area contributed by atoms with Gasteiger partial charge in [-0.2, -0.15) is 0 Å². The molecule has 0 spiro atoms. The number of hydrogen-bond donors (Lipinski definition) is 1. The van der Waals surface area contributed by atoms with Gasteiger partial charge in [0.2, 0.25) is 0 Å². The molecule has 0 saturated heterocycles. The van der Waals surface area contributed by atoms with Crippen molar-refractivity contribution in [3.05, 3.63) is 50.8 Å². The third-order valence-electron chi connectivity index (χ3n) is 2.29. The third kappa shape index (κ3) is 2.79. The molecule has 2 rings (SSSR count). The molecule has 0 bridgehead atoms. The number of anilines is 1. The van der Waals surface area contributed by atoms with E-state index in [1.165, 1.54) is 23.2 Å². The monoisotopic (exact) mass is 249 g/mol. The summed E-state index contributed by atoms with van der Waals surface area (Å²) in [5.41, 5.74) is 0.0425. The molecule has 5 nitrogen and oxygen atoms in total. The van der Waals surface area contributed by atoms with Crippen LogP contribution in [0.3, 0.4) is 0 Å². The number of aromatic nitrogens is 1. The first-order valence-electron chi connectivity index (χ1n) is 5.07. The number of rotatable bonds is 4. The smallest absolute Gasteiger partial charge is 0.274 e. The molecule has 2 aromatic heterocycles. The Hall–Kier alpha value is -1.95. The van der Waals surface area contributed by atoms with Crippen LogP contribution in [0.5, 0.6) is 0 Å². The van der Waals surface area contributed by atoms with Gasteiger partial charge in [-0.25, -0.2) is 4.98 Å². The van der Waals surface area contributed by atoms with E-state index in [1.54, 1.807) is 11.3 Å². The van der Waals surface area contributed by atoms with Gasteiger partial charge in [0, 0.05) is 17.1 Å². The molecule has 2 heterocycles. The fraction of sp³-hybridized carbons (Fsp3) is 0.182. The van der Waals surface area contributed by atoms with E-state index in [2.05, 4.69) is 10.3 Å². The van der Waals surface area contributed by atoms with Crippen molar-refractivity contribution >= 4 is 22.8 Å². The van der Waals surface area contributed by atoms with Gasteiger partial charge in [0.1, 0.15) is 5.82 Å². The summed E-state index contributed by atoms with van der Waals surface area (Å²) in [6, 6.07) is 6.88.